The quantitative estimate of drug-likeness (QED) is 0.00979. The molecule has 6 rings (SSSR count). The lowest BCUT2D eigenvalue weighted by Crippen LogP contribution is -2.26. The summed E-state index contributed by atoms with van der Waals surface area (Å²) in [6.45, 7) is -3.60. The number of aliphatic hydroxyl groups excluding tert-OH is 1. The molecule has 1 amide bonds. The fourth-order valence-corrected chi connectivity index (χ4v) is 8.35. The number of aryl methyl sites for hydroxylation is 2. The van der Waals surface area contributed by atoms with Crippen LogP contribution >= 0.6 is 23.5 Å². The molecule has 5 aromatic rings. The Morgan fingerprint density at radius 3 is 1.79 bits per heavy atom. The van der Waals surface area contributed by atoms with E-state index >= 15 is 0 Å². The number of ketones is 1. The van der Waals surface area contributed by atoms with E-state index in [9.17, 15) is 43.1 Å². The summed E-state index contributed by atoms with van der Waals surface area (Å²) in [6.07, 6.45) is 3.84. The summed E-state index contributed by atoms with van der Waals surface area (Å²) in [7, 11) is -7.25. The number of Topliss-reactive ketones (excluding diaryl/α,β-unsaturated/α-hetero) is 1. The van der Waals surface area contributed by atoms with Crippen molar-refractivity contribution >= 4 is 52.2 Å². The van der Waals surface area contributed by atoms with Gasteiger partial charge in [-0.2, -0.15) is 10.2 Å². The molecule has 31 nitrogen and oxygen atoms in total. The number of nitrogens with one attached hydrogen (secondary N) is 1. The third kappa shape index (κ3) is 24.1. The maximum absolute atomic E-state index is 13.5. The zero-order valence-electron chi connectivity index (χ0n) is 44.1. The van der Waals surface area contributed by atoms with Crippen LogP contribution in [0.2, 0.25) is 0 Å². The minimum atomic E-state index is -4.97. The van der Waals surface area contributed by atoms with Crippen molar-refractivity contribution in [2.45, 2.75) is 38.6 Å². The number of carbonyl (C=O) groups is 2. The van der Waals surface area contributed by atoms with E-state index in [1.54, 1.807) is 56.8 Å². The van der Waals surface area contributed by atoms with Crippen molar-refractivity contribution in [3.63, 3.8) is 0 Å². The normalized spacial score (nSPS) is 14.6. The molecule has 34 heteroatoms. The van der Waals surface area contributed by atoms with Crippen molar-refractivity contribution in [1.82, 2.24) is 35.3 Å². The van der Waals surface area contributed by atoms with E-state index in [0.717, 1.165) is 5.69 Å². The number of rotatable bonds is 35. The first kappa shape index (κ1) is 64.3. The molecular weight excluding hydrogens is 1120 g/mol. The molecule has 0 bridgehead atoms. The van der Waals surface area contributed by atoms with Crippen LogP contribution < -0.4 is 35.9 Å². The molecule has 0 saturated carbocycles. The van der Waals surface area contributed by atoms with Gasteiger partial charge in [0.1, 0.15) is 37.3 Å². The number of amides is 1. The monoisotopic (exact) mass is 1180 g/mol. The molecule has 9 N–H and O–H groups in total. The highest BCUT2D eigenvalue weighted by Gasteiger charge is 2.29. The van der Waals surface area contributed by atoms with Crippen LogP contribution in [0.4, 0.5) is 17.1 Å². The smallest absolute Gasteiger partial charge is 0.474 e. The summed E-state index contributed by atoms with van der Waals surface area (Å²) in [5.74, 6) is -0.340. The van der Waals surface area contributed by atoms with Crippen LogP contribution in [0.5, 0.6) is 17.2 Å². The maximum atomic E-state index is 13.5. The molecule has 438 valence electrons. The molecular formula is C46H65N12O19P3. The number of hydrogen-bond acceptors (Lipinski definition) is 25. The van der Waals surface area contributed by atoms with E-state index in [-0.39, 0.29) is 81.1 Å². The summed E-state index contributed by atoms with van der Waals surface area (Å²) >= 11 is 0. The van der Waals surface area contributed by atoms with Gasteiger partial charge in [0.05, 0.1) is 57.7 Å². The van der Waals surface area contributed by atoms with Crippen molar-refractivity contribution in [2.75, 3.05) is 96.6 Å². The number of nitrogens with zero attached hydrogens (tertiary/aromatic N) is 9. The van der Waals surface area contributed by atoms with Gasteiger partial charge >= 0.3 is 23.5 Å². The molecule has 3 aromatic carbocycles. The van der Waals surface area contributed by atoms with Gasteiger partial charge in [0.15, 0.2) is 24.1 Å². The number of aliphatic hydroxyl groups is 1. The van der Waals surface area contributed by atoms with E-state index in [4.69, 9.17) is 39.5 Å². The minimum absolute atomic E-state index is 0.00644. The van der Waals surface area contributed by atoms with Gasteiger partial charge < -0.3 is 60.4 Å². The van der Waals surface area contributed by atoms with Gasteiger partial charge in [-0.3, -0.25) is 46.1 Å². The van der Waals surface area contributed by atoms with E-state index in [0.29, 0.717) is 41.3 Å². The SMILES string of the molecule is CN(C)c1ccc(N)cc1.Cn1cc(COc2cc(C(=O)CCCOP(=O)(O)OCCOP(=O)(O)OCOP(=O)(O)OCC(O)COCCCNC(=O)c3ccc(N)cc3)cc(OCc3cn(C)nn3)c2OCC2=CCN=N2)nn1. The van der Waals surface area contributed by atoms with Gasteiger partial charge in [-0.15, -0.1) is 10.2 Å². The van der Waals surface area contributed by atoms with Crippen molar-refractivity contribution in [2.24, 2.45) is 24.3 Å². The number of anilines is 3. The second-order valence-corrected chi connectivity index (χ2v) is 21.5. The van der Waals surface area contributed by atoms with E-state index in [1.165, 1.54) is 27.2 Å². The Hall–Kier alpha value is -6.53. The van der Waals surface area contributed by atoms with E-state index in [1.807, 2.05) is 43.3 Å². The van der Waals surface area contributed by atoms with Crippen LogP contribution in [0, 0.1) is 0 Å². The number of aromatic nitrogens is 6. The average molecular weight is 1180 g/mol. The highest BCUT2D eigenvalue weighted by molar-refractivity contribution is 7.48. The zero-order chi connectivity index (χ0) is 58.1. The lowest BCUT2D eigenvalue weighted by atomic mass is 10.1. The highest BCUT2D eigenvalue weighted by atomic mass is 31.2. The molecule has 2 aromatic heterocycles. The predicted octanol–water partition coefficient (Wildman–Crippen LogP) is 4.27. The van der Waals surface area contributed by atoms with Gasteiger partial charge in [0.25, 0.3) is 5.91 Å². The minimum Gasteiger partial charge on any atom is -0.483 e. The average Bonchev–Trinajstić information content (AvgIpc) is 4.20. The molecule has 0 aliphatic carbocycles. The lowest BCUT2D eigenvalue weighted by Gasteiger charge is -2.18. The van der Waals surface area contributed by atoms with E-state index in [2.05, 4.69) is 54.3 Å². The molecule has 0 saturated heterocycles. The largest absolute Gasteiger partial charge is 0.483 e. The number of hydrogen-bond donors (Lipinski definition) is 7. The number of phosphoric ester groups is 3. The second kappa shape index (κ2) is 32.1. The number of nitrogens with two attached hydrogens (primary N) is 2. The number of phosphoric acid groups is 3. The third-order valence-electron chi connectivity index (χ3n) is 10.3. The molecule has 3 heterocycles. The van der Waals surface area contributed by atoms with Crippen LogP contribution in [0.15, 0.2) is 95.1 Å². The Labute approximate surface area is 459 Å². The van der Waals surface area contributed by atoms with Gasteiger partial charge in [-0.25, -0.2) is 13.7 Å². The first-order valence-electron chi connectivity index (χ1n) is 24.2. The molecule has 0 fully saturated rings. The Kier molecular flexibility index (Phi) is 25.8. The maximum Gasteiger partial charge on any atom is 0.474 e. The van der Waals surface area contributed by atoms with Gasteiger partial charge in [0, 0.05) is 76.0 Å². The van der Waals surface area contributed by atoms with Crippen LogP contribution in [0.25, 0.3) is 0 Å². The number of benzene rings is 3. The zero-order valence-corrected chi connectivity index (χ0v) is 46.8. The van der Waals surface area contributed by atoms with Crippen LogP contribution in [0.3, 0.4) is 0 Å². The first-order chi connectivity index (χ1) is 38.0. The Balaban J connectivity index is 0.00000106. The Morgan fingerprint density at radius 2 is 1.25 bits per heavy atom. The summed E-state index contributed by atoms with van der Waals surface area (Å²) < 4.78 is 91.1. The number of carbonyl (C=O) groups excluding carboxylic acids is 2. The van der Waals surface area contributed by atoms with Crippen molar-refractivity contribution in [3.8, 4) is 17.2 Å². The molecule has 4 atom stereocenters. The first-order valence-corrected chi connectivity index (χ1v) is 28.7. The van der Waals surface area contributed by atoms with Crippen molar-refractivity contribution in [1.29, 1.82) is 0 Å². The summed E-state index contributed by atoms with van der Waals surface area (Å²) in [4.78, 5) is 57.4. The van der Waals surface area contributed by atoms with Crippen LogP contribution in [-0.2, 0) is 72.9 Å². The standard InChI is InChI=1S/C38H53N10O19P3.C8H12N2/c1-47-19-31(43-45-47)22-59-35-17-28(18-36(60-23-32-20-48(2)46-44-32)37(35)61-21-30-10-12-41-42-30)34(50)5-3-14-62-68(52,53)63-15-16-64-69(54,55)66-26-67-70(56,57)65-25-33(49)24-58-13-4-11-40-38(51)27-6-8-29(39)9-7-27;1-10(2)8-5-3-7(9)4-6-8/h6-10,17-20,33,49H,3-5,11-16,21-26,39H2,1-2H3,(H,40,51)(H,52,53)(H,54,55)(H,56,57);3-6H,9H2,1-2H3. The summed E-state index contributed by atoms with van der Waals surface area (Å²) in [6, 6.07) is 17.0. The van der Waals surface area contributed by atoms with Gasteiger partial charge in [-0.05, 0) is 79.6 Å². The Bertz CT molecular complexity index is 2900. The number of ether oxygens (including phenoxy) is 4. The predicted molar refractivity (Wildman–Crippen MR) is 284 cm³/mol. The number of nitrogen functional groups attached to an aromatic ring is 2. The summed E-state index contributed by atoms with van der Waals surface area (Å²) in [5.41, 5.74) is 15.7. The Morgan fingerprint density at radius 1 is 0.700 bits per heavy atom. The number of azo groups is 1. The molecule has 1 aliphatic heterocycles. The fraction of sp³-hybridized carbons (Fsp3) is 0.435. The molecule has 4 unspecified atom stereocenters. The van der Waals surface area contributed by atoms with Gasteiger partial charge in [0.2, 0.25) is 5.75 Å². The van der Waals surface area contributed by atoms with Crippen molar-refractivity contribution < 1.29 is 89.2 Å². The lowest BCUT2D eigenvalue weighted by molar-refractivity contribution is -0.00742. The molecule has 80 heavy (non-hydrogen) atoms. The highest BCUT2D eigenvalue weighted by Crippen LogP contribution is 2.49. The molecule has 1 aliphatic rings. The molecule has 0 spiro atoms. The topological polar surface area (TPSA) is 412 Å². The summed E-state index contributed by atoms with van der Waals surface area (Å²) in [5, 5.41) is 36.5. The van der Waals surface area contributed by atoms with Gasteiger partial charge in [-0.1, -0.05) is 10.4 Å². The van der Waals surface area contributed by atoms with Crippen LogP contribution in [-0.4, -0.2) is 148 Å². The third-order valence-corrected chi connectivity index (χ3v) is 13.1. The second-order valence-electron chi connectivity index (χ2n) is 17.1. The fourth-order valence-electron chi connectivity index (χ4n) is 6.34. The van der Waals surface area contributed by atoms with Crippen LogP contribution in [0.1, 0.15) is 51.4 Å². The van der Waals surface area contributed by atoms with E-state index < -0.39 is 68.6 Å². The van der Waals surface area contributed by atoms with Crippen molar-refractivity contribution in [3.05, 3.63) is 107 Å². The molecule has 0 radical (unpaired) electrons.